The Morgan fingerprint density at radius 2 is 1.81 bits per heavy atom. The SMILES string of the molecule is COc1cccc(OC)c1-c1ccc2c(c1)OCC(C)(C)C2OC(N)=O. The Morgan fingerprint density at radius 1 is 1.15 bits per heavy atom. The number of ether oxygens (including phenoxy) is 4. The number of fused-ring (bicyclic) bond motifs is 1. The van der Waals surface area contributed by atoms with Gasteiger partial charge in [-0.25, -0.2) is 4.79 Å². The second-order valence-corrected chi connectivity index (χ2v) is 6.88. The number of nitrogens with two attached hydrogens (primary N) is 1. The summed E-state index contributed by atoms with van der Waals surface area (Å²) in [5, 5.41) is 0. The number of rotatable bonds is 4. The first kappa shape index (κ1) is 17.9. The Kier molecular flexibility index (Phi) is 4.68. The summed E-state index contributed by atoms with van der Waals surface area (Å²) in [7, 11) is 3.23. The average molecular weight is 357 g/mol. The van der Waals surface area contributed by atoms with Crippen LogP contribution in [0.25, 0.3) is 11.1 Å². The lowest BCUT2D eigenvalue weighted by Gasteiger charge is -2.38. The van der Waals surface area contributed by atoms with E-state index in [4.69, 9.17) is 24.7 Å². The third-order valence-corrected chi connectivity index (χ3v) is 4.56. The zero-order chi connectivity index (χ0) is 18.9. The van der Waals surface area contributed by atoms with Gasteiger partial charge in [0, 0.05) is 11.0 Å². The molecule has 0 aromatic heterocycles. The summed E-state index contributed by atoms with van der Waals surface area (Å²) >= 11 is 0. The molecule has 0 aliphatic carbocycles. The monoisotopic (exact) mass is 357 g/mol. The van der Waals surface area contributed by atoms with Gasteiger partial charge in [0.1, 0.15) is 23.4 Å². The molecular formula is C20H23NO5. The normalized spacial score (nSPS) is 17.6. The van der Waals surface area contributed by atoms with Crippen molar-refractivity contribution < 1.29 is 23.7 Å². The number of benzene rings is 2. The summed E-state index contributed by atoms with van der Waals surface area (Å²) in [5.74, 6) is 2.05. The zero-order valence-electron chi connectivity index (χ0n) is 15.4. The highest BCUT2D eigenvalue weighted by Crippen LogP contribution is 2.47. The highest BCUT2D eigenvalue weighted by atomic mass is 16.6. The third kappa shape index (κ3) is 3.14. The Morgan fingerprint density at radius 3 is 2.38 bits per heavy atom. The van der Waals surface area contributed by atoms with Crippen LogP contribution in [0.3, 0.4) is 0 Å². The molecule has 3 rings (SSSR count). The van der Waals surface area contributed by atoms with Crippen LogP contribution in [-0.4, -0.2) is 26.9 Å². The Labute approximate surface area is 152 Å². The minimum Gasteiger partial charge on any atom is -0.496 e. The number of carbonyl (C=O) groups is 1. The lowest BCUT2D eigenvalue weighted by molar-refractivity contribution is -0.0176. The molecule has 2 N–H and O–H groups in total. The van der Waals surface area contributed by atoms with E-state index in [1.807, 2.05) is 50.2 Å². The van der Waals surface area contributed by atoms with Crippen LogP contribution in [0.2, 0.25) is 0 Å². The summed E-state index contributed by atoms with van der Waals surface area (Å²) in [5.41, 5.74) is 7.39. The Hall–Kier alpha value is -2.89. The summed E-state index contributed by atoms with van der Waals surface area (Å²) in [6, 6.07) is 11.4. The van der Waals surface area contributed by atoms with E-state index < -0.39 is 12.2 Å². The molecule has 2 aromatic rings. The van der Waals surface area contributed by atoms with Crippen LogP contribution in [0.5, 0.6) is 17.2 Å². The standard InChI is InChI=1S/C20H23NO5/c1-20(2)11-25-16-10-12(8-9-13(16)18(20)26-19(21)22)17-14(23-3)6-5-7-15(17)24-4/h5-10,18H,11H2,1-4H3,(H2,21,22). The topological polar surface area (TPSA) is 80.0 Å². The smallest absolute Gasteiger partial charge is 0.405 e. The summed E-state index contributed by atoms with van der Waals surface area (Å²) in [6.07, 6.45) is -1.27. The van der Waals surface area contributed by atoms with Gasteiger partial charge < -0.3 is 24.7 Å². The molecule has 6 heteroatoms. The van der Waals surface area contributed by atoms with Gasteiger partial charge in [0.05, 0.1) is 26.4 Å². The van der Waals surface area contributed by atoms with Gasteiger partial charge in [-0.2, -0.15) is 0 Å². The van der Waals surface area contributed by atoms with E-state index in [2.05, 4.69) is 0 Å². The van der Waals surface area contributed by atoms with Crippen molar-refractivity contribution in [3.05, 3.63) is 42.0 Å². The van der Waals surface area contributed by atoms with Crippen molar-refractivity contribution in [2.45, 2.75) is 20.0 Å². The fourth-order valence-electron chi connectivity index (χ4n) is 3.27. The molecule has 0 saturated heterocycles. The quantitative estimate of drug-likeness (QED) is 0.897. The van der Waals surface area contributed by atoms with Gasteiger partial charge in [-0.3, -0.25) is 0 Å². The molecule has 1 unspecified atom stereocenters. The van der Waals surface area contributed by atoms with Crippen molar-refractivity contribution >= 4 is 6.09 Å². The third-order valence-electron chi connectivity index (χ3n) is 4.56. The predicted molar refractivity (Wildman–Crippen MR) is 97.7 cm³/mol. The molecule has 26 heavy (non-hydrogen) atoms. The van der Waals surface area contributed by atoms with E-state index in [0.29, 0.717) is 23.9 Å². The molecule has 1 amide bonds. The van der Waals surface area contributed by atoms with Gasteiger partial charge in [0.25, 0.3) is 0 Å². The van der Waals surface area contributed by atoms with Crippen molar-refractivity contribution in [2.75, 3.05) is 20.8 Å². The predicted octanol–water partition coefficient (Wildman–Crippen LogP) is 3.93. The average Bonchev–Trinajstić information content (AvgIpc) is 2.62. The molecule has 6 nitrogen and oxygen atoms in total. The number of carbonyl (C=O) groups excluding carboxylic acids is 1. The van der Waals surface area contributed by atoms with Crippen molar-refractivity contribution in [3.63, 3.8) is 0 Å². The lowest BCUT2D eigenvalue weighted by atomic mass is 9.80. The minimum atomic E-state index is -0.800. The van der Waals surface area contributed by atoms with Crippen molar-refractivity contribution in [3.8, 4) is 28.4 Å². The van der Waals surface area contributed by atoms with E-state index in [1.54, 1.807) is 14.2 Å². The van der Waals surface area contributed by atoms with E-state index in [1.165, 1.54) is 0 Å². The molecule has 1 aliphatic heterocycles. The first-order valence-corrected chi connectivity index (χ1v) is 8.31. The highest BCUT2D eigenvalue weighted by Gasteiger charge is 2.40. The first-order valence-electron chi connectivity index (χ1n) is 8.31. The van der Waals surface area contributed by atoms with Crippen LogP contribution in [0.1, 0.15) is 25.5 Å². The molecular weight excluding hydrogens is 334 g/mol. The van der Waals surface area contributed by atoms with Crippen LogP contribution < -0.4 is 19.9 Å². The van der Waals surface area contributed by atoms with E-state index in [-0.39, 0.29) is 5.41 Å². The molecule has 0 spiro atoms. The number of hydrogen-bond acceptors (Lipinski definition) is 5. The Bertz CT molecular complexity index is 809. The van der Waals surface area contributed by atoms with E-state index in [9.17, 15) is 4.79 Å². The highest BCUT2D eigenvalue weighted by molar-refractivity contribution is 5.78. The molecule has 0 fully saturated rings. The lowest BCUT2D eigenvalue weighted by Crippen LogP contribution is -2.37. The maximum absolute atomic E-state index is 11.3. The van der Waals surface area contributed by atoms with Gasteiger partial charge in [-0.05, 0) is 23.8 Å². The van der Waals surface area contributed by atoms with Crippen molar-refractivity contribution in [2.24, 2.45) is 11.1 Å². The van der Waals surface area contributed by atoms with Crippen LogP contribution >= 0.6 is 0 Å². The summed E-state index contributed by atoms with van der Waals surface area (Å²) in [6.45, 7) is 4.35. The van der Waals surface area contributed by atoms with Gasteiger partial charge in [-0.1, -0.05) is 32.0 Å². The molecule has 1 heterocycles. The molecule has 2 aromatic carbocycles. The molecule has 0 radical (unpaired) electrons. The van der Waals surface area contributed by atoms with Crippen LogP contribution in [-0.2, 0) is 4.74 Å². The van der Waals surface area contributed by atoms with Crippen LogP contribution in [0, 0.1) is 5.41 Å². The number of amides is 1. The molecule has 0 saturated carbocycles. The molecule has 1 aliphatic rings. The van der Waals surface area contributed by atoms with Crippen LogP contribution in [0.4, 0.5) is 4.79 Å². The zero-order valence-corrected chi connectivity index (χ0v) is 15.4. The second-order valence-electron chi connectivity index (χ2n) is 6.88. The first-order chi connectivity index (χ1) is 12.4. The van der Waals surface area contributed by atoms with Gasteiger partial charge >= 0.3 is 6.09 Å². The van der Waals surface area contributed by atoms with Crippen LogP contribution in [0.15, 0.2) is 36.4 Å². The van der Waals surface area contributed by atoms with E-state index in [0.717, 1.165) is 16.7 Å². The maximum atomic E-state index is 11.3. The fraction of sp³-hybridized carbons (Fsp3) is 0.350. The largest absolute Gasteiger partial charge is 0.496 e. The van der Waals surface area contributed by atoms with Crippen molar-refractivity contribution in [1.82, 2.24) is 0 Å². The van der Waals surface area contributed by atoms with Gasteiger partial charge in [0.2, 0.25) is 0 Å². The van der Waals surface area contributed by atoms with Crippen molar-refractivity contribution in [1.29, 1.82) is 0 Å². The van der Waals surface area contributed by atoms with Gasteiger partial charge in [0.15, 0.2) is 0 Å². The number of hydrogen-bond donors (Lipinski definition) is 1. The minimum absolute atomic E-state index is 0.383. The second kappa shape index (κ2) is 6.78. The number of methoxy groups -OCH3 is 2. The Balaban J connectivity index is 2.10. The fourth-order valence-corrected chi connectivity index (χ4v) is 3.27. The molecule has 1 atom stereocenters. The number of primary amides is 1. The van der Waals surface area contributed by atoms with Gasteiger partial charge in [-0.15, -0.1) is 0 Å². The molecule has 0 bridgehead atoms. The van der Waals surface area contributed by atoms with E-state index >= 15 is 0 Å². The maximum Gasteiger partial charge on any atom is 0.405 e. The summed E-state index contributed by atoms with van der Waals surface area (Å²) in [4.78, 5) is 11.3. The molecule has 138 valence electrons. The summed E-state index contributed by atoms with van der Waals surface area (Å²) < 4.78 is 22.3.